The summed E-state index contributed by atoms with van der Waals surface area (Å²) >= 11 is 1.69. The van der Waals surface area contributed by atoms with Gasteiger partial charge in [0.1, 0.15) is 0 Å². The molecular formula is C19H24N4OS. The fraction of sp³-hybridized carbons (Fsp3) is 0.474. The molecule has 0 atom stereocenters. The van der Waals surface area contributed by atoms with Crippen molar-refractivity contribution >= 4 is 33.8 Å². The van der Waals surface area contributed by atoms with Crippen LogP contribution in [0.4, 0.5) is 16.5 Å². The summed E-state index contributed by atoms with van der Waals surface area (Å²) in [6, 6.07) is 5.92. The highest BCUT2D eigenvalue weighted by Gasteiger charge is 2.32. The molecule has 0 aliphatic carbocycles. The highest BCUT2D eigenvalue weighted by molar-refractivity contribution is 7.13. The van der Waals surface area contributed by atoms with Crippen LogP contribution in [0.25, 0.3) is 0 Å². The Morgan fingerprint density at radius 3 is 2.80 bits per heavy atom. The molecule has 1 aromatic heterocycles. The van der Waals surface area contributed by atoms with Crippen molar-refractivity contribution in [2.24, 2.45) is 5.92 Å². The van der Waals surface area contributed by atoms with Gasteiger partial charge in [0.15, 0.2) is 5.13 Å². The van der Waals surface area contributed by atoms with Crippen LogP contribution >= 0.6 is 11.3 Å². The van der Waals surface area contributed by atoms with Crippen molar-refractivity contribution in [2.45, 2.75) is 32.6 Å². The Labute approximate surface area is 152 Å². The number of fused-ring (bicyclic) bond motifs is 1. The summed E-state index contributed by atoms with van der Waals surface area (Å²) in [5.74, 6) is 0.367. The lowest BCUT2D eigenvalue weighted by molar-refractivity contribution is -0.123. The van der Waals surface area contributed by atoms with Gasteiger partial charge in [-0.15, -0.1) is 11.3 Å². The molecule has 1 aromatic carbocycles. The van der Waals surface area contributed by atoms with Gasteiger partial charge >= 0.3 is 0 Å². The minimum Gasteiger partial charge on any atom is -0.398 e. The normalized spacial score (nSPS) is 18.3. The van der Waals surface area contributed by atoms with Crippen LogP contribution in [-0.4, -0.2) is 30.5 Å². The molecule has 2 N–H and O–H groups in total. The maximum absolute atomic E-state index is 13.1. The van der Waals surface area contributed by atoms with Crippen molar-refractivity contribution in [1.82, 2.24) is 4.98 Å². The molecule has 0 radical (unpaired) electrons. The predicted molar refractivity (Wildman–Crippen MR) is 103 cm³/mol. The molecule has 5 nitrogen and oxygen atoms in total. The van der Waals surface area contributed by atoms with Crippen LogP contribution in [0, 0.1) is 12.8 Å². The molecule has 132 valence electrons. The minimum atomic E-state index is 0.102. The SMILES string of the molecule is Cc1csc(N2CCC(C(=O)N3CCCc4c(N)cccc43)CC2)n1. The van der Waals surface area contributed by atoms with Gasteiger partial charge in [-0.05, 0) is 50.3 Å². The maximum Gasteiger partial charge on any atom is 0.230 e. The molecule has 0 unspecified atom stereocenters. The molecule has 25 heavy (non-hydrogen) atoms. The first-order chi connectivity index (χ1) is 12.1. The molecule has 1 amide bonds. The Bertz CT molecular complexity index is 779. The van der Waals surface area contributed by atoms with Crippen LogP contribution in [0.5, 0.6) is 0 Å². The summed E-state index contributed by atoms with van der Waals surface area (Å²) < 4.78 is 0. The Morgan fingerprint density at radius 2 is 2.08 bits per heavy atom. The average molecular weight is 356 g/mol. The molecule has 0 saturated carbocycles. The molecule has 6 heteroatoms. The monoisotopic (exact) mass is 356 g/mol. The number of nitrogen functional groups attached to an aromatic ring is 1. The Hall–Kier alpha value is -2.08. The van der Waals surface area contributed by atoms with Gasteiger partial charge in [0.05, 0.1) is 5.69 Å². The number of benzene rings is 1. The largest absolute Gasteiger partial charge is 0.398 e. The van der Waals surface area contributed by atoms with E-state index in [0.717, 1.165) is 73.1 Å². The first-order valence-electron chi connectivity index (χ1n) is 8.99. The van der Waals surface area contributed by atoms with E-state index in [1.54, 1.807) is 11.3 Å². The molecule has 0 spiro atoms. The molecule has 0 bridgehead atoms. The second-order valence-corrected chi connectivity index (χ2v) is 7.81. The Balaban J connectivity index is 1.46. The smallest absolute Gasteiger partial charge is 0.230 e. The third-order valence-electron chi connectivity index (χ3n) is 5.27. The van der Waals surface area contributed by atoms with Crippen molar-refractivity contribution in [3.8, 4) is 0 Å². The number of amides is 1. The summed E-state index contributed by atoms with van der Waals surface area (Å²) in [6.07, 6.45) is 3.75. The molecule has 2 aliphatic rings. The highest BCUT2D eigenvalue weighted by Crippen LogP contribution is 2.34. The number of thiazole rings is 1. The number of carbonyl (C=O) groups excluding carboxylic acids is 1. The average Bonchev–Trinajstić information content (AvgIpc) is 3.08. The van der Waals surface area contributed by atoms with Gasteiger partial charge in [-0.1, -0.05) is 6.07 Å². The van der Waals surface area contributed by atoms with E-state index in [-0.39, 0.29) is 11.8 Å². The van der Waals surface area contributed by atoms with Crippen LogP contribution in [0.3, 0.4) is 0 Å². The lowest BCUT2D eigenvalue weighted by Gasteiger charge is -2.36. The molecule has 1 saturated heterocycles. The van der Waals surface area contributed by atoms with Crippen LogP contribution in [0.1, 0.15) is 30.5 Å². The van der Waals surface area contributed by atoms with Crippen molar-refractivity contribution < 1.29 is 4.79 Å². The standard InChI is InChI=1S/C19H24N4OS/c1-13-12-25-19(21-13)22-10-7-14(8-11-22)18(24)23-9-3-4-15-16(20)5-2-6-17(15)23/h2,5-6,12,14H,3-4,7-11,20H2,1H3. The molecule has 3 heterocycles. The van der Waals surface area contributed by atoms with Crippen molar-refractivity contribution in [2.75, 3.05) is 35.2 Å². The number of nitrogens with two attached hydrogens (primary N) is 1. The second kappa shape index (κ2) is 6.67. The van der Waals surface area contributed by atoms with E-state index in [1.165, 1.54) is 0 Å². The first kappa shape index (κ1) is 16.4. The topological polar surface area (TPSA) is 62.5 Å². The summed E-state index contributed by atoms with van der Waals surface area (Å²) in [5, 5.41) is 3.17. The number of hydrogen-bond donors (Lipinski definition) is 1. The van der Waals surface area contributed by atoms with Crippen LogP contribution in [0.2, 0.25) is 0 Å². The van der Waals surface area contributed by atoms with Gasteiger partial charge in [0.25, 0.3) is 0 Å². The fourth-order valence-corrected chi connectivity index (χ4v) is 4.76. The number of aryl methyl sites for hydroxylation is 1. The number of aromatic nitrogens is 1. The third kappa shape index (κ3) is 3.11. The van der Waals surface area contributed by atoms with Gasteiger partial charge in [0.2, 0.25) is 5.91 Å². The van der Waals surface area contributed by atoms with E-state index >= 15 is 0 Å². The van der Waals surface area contributed by atoms with E-state index < -0.39 is 0 Å². The molecular weight excluding hydrogens is 332 g/mol. The molecule has 1 fully saturated rings. The summed E-state index contributed by atoms with van der Waals surface area (Å²) in [4.78, 5) is 22.0. The van der Waals surface area contributed by atoms with Gasteiger partial charge < -0.3 is 15.5 Å². The number of nitrogens with zero attached hydrogens (tertiary/aromatic N) is 3. The lowest BCUT2D eigenvalue weighted by Crippen LogP contribution is -2.44. The van der Waals surface area contributed by atoms with Crippen LogP contribution < -0.4 is 15.5 Å². The quantitative estimate of drug-likeness (QED) is 0.839. The van der Waals surface area contributed by atoms with Gasteiger partial charge in [-0.25, -0.2) is 4.98 Å². The predicted octanol–water partition coefficient (Wildman–Crippen LogP) is 3.23. The zero-order chi connectivity index (χ0) is 17.4. The number of piperidine rings is 1. The first-order valence-corrected chi connectivity index (χ1v) is 9.87. The van der Waals surface area contributed by atoms with Crippen LogP contribution in [-0.2, 0) is 11.2 Å². The number of anilines is 3. The van der Waals surface area contributed by atoms with Gasteiger partial charge in [-0.3, -0.25) is 4.79 Å². The fourth-order valence-electron chi connectivity index (χ4n) is 3.91. The Morgan fingerprint density at radius 1 is 1.28 bits per heavy atom. The molecule has 4 rings (SSSR count). The zero-order valence-electron chi connectivity index (χ0n) is 14.6. The van der Waals surface area contributed by atoms with E-state index in [0.29, 0.717) is 0 Å². The number of hydrogen-bond acceptors (Lipinski definition) is 5. The van der Waals surface area contributed by atoms with E-state index in [9.17, 15) is 4.79 Å². The lowest BCUT2D eigenvalue weighted by atomic mass is 9.93. The highest BCUT2D eigenvalue weighted by atomic mass is 32.1. The summed E-state index contributed by atoms with van der Waals surface area (Å²) in [5.41, 5.74) is 10.2. The van der Waals surface area contributed by atoms with Gasteiger partial charge in [-0.2, -0.15) is 0 Å². The van der Waals surface area contributed by atoms with E-state index in [1.807, 2.05) is 30.0 Å². The van der Waals surface area contributed by atoms with Crippen molar-refractivity contribution in [1.29, 1.82) is 0 Å². The summed E-state index contributed by atoms with van der Waals surface area (Å²) in [6.45, 7) is 4.64. The van der Waals surface area contributed by atoms with E-state index in [4.69, 9.17) is 5.73 Å². The second-order valence-electron chi connectivity index (χ2n) is 6.97. The third-order valence-corrected chi connectivity index (χ3v) is 6.29. The van der Waals surface area contributed by atoms with Crippen LogP contribution in [0.15, 0.2) is 23.6 Å². The Kier molecular flexibility index (Phi) is 4.37. The van der Waals surface area contributed by atoms with Gasteiger partial charge in [0, 0.05) is 42.3 Å². The molecule has 2 aliphatic heterocycles. The number of carbonyl (C=O) groups is 1. The van der Waals surface area contributed by atoms with Crippen molar-refractivity contribution in [3.63, 3.8) is 0 Å². The molecule has 2 aromatic rings. The maximum atomic E-state index is 13.1. The van der Waals surface area contributed by atoms with E-state index in [2.05, 4.69) is 15.3 Å². The minimum absolute atomic E-state index is 0.102. The number of rotatable bonds is 2. The summed E-state index contributed by atoms with van der Waals surface area (Å²) in [7, 11) is 0. The van der Waals surface area contributed by atoms with Crippen molar-refractivity contribution in [3.05, 3.63) is 34.8 Å². The zero-order valence-corrected chi connectivity index (χ0v) is 15.4.